The smallest absolute Gasteiger partial charge is 0.319 e. The predicted octanol–water partition coefficient (Wildman–Crippen LogP) is 4.97. The summed E-state index contributed by atoms with van der Waals surface area (Å²) in [7, 11) is -3.74. The number of carbonyl (C=O) groups is 1. The predicted molar refractivity (Wildman–Crippen MR) is 116 cm³/mol. The van der Waals surface area contributed by atoms with E-state index in [1.807, 2.05) is 12.2 Å². The molecule has 0 aliphatic heterocycles. The van der Waals surface area contributed by atoms with Crippen LogP contribution in [-0.2, 0) is 9.84 Å². The van der Waals surface area contributed by atoms with E-state index in [1.165, 1.54) is 36.4 Å². The summed E-state index contributed by atoms with van der Waals surface area (Å²) < 4.78 is 38.8. The summed E-state index contributed by atoms with van der Waals surface area (Å²) in [5, 5.41) is 5.20. The van der Waals surface area contributed by atoms with Gasteiger partial charge in [-0.25, -0.2) is 17.6 Å². The average molecular weight is 424 g/mol. The number of hydrogen-bond acceptors (Lipinski definition) is 3. The van der Waals surface area contributed by atoms with Gasteiger partial charge in [-0.3, -0.25) is 0 Å². The van der Waals surface area contributed by atoms with Crippen molar-refractivity contribution in [3.8, 4) is 0 Å². The number of benzene rings is 3. The maximum absolute atomic E-state index is 13.0. The molecule has 3 rings (SSSR count). The van der Waals surface area contributed by atoms with E-state index in [2.05, 4.69) is 10.6 Å². The SMILES string of the molecule is CCNC(=O)Nc1cccc(S(=O)(=O)c2ccc(C=Cc3ccc(F)cc3)cc2)c1. The maximum atomic E-state index is 13.0. The second kappa shape index (κ2) is 9.37. The van der Waals surface area contributed by atoms with Gasteiger partial charge >= 0.3 is 6.03 Å². The van der Waals surface area contributed by atoms with E-state index in [0.29, 0.717) is 12.2 Å². The zero-order valence-corrected chi connectivity index (χ0v) is 17.1. The first-order chi connectivity index (χ1) is 14.4. The molecule has 0 bridgehead atoms. The number of hydrogen-bond donors (Lipinski definition) is 2. The minimum absolute atomic E-state index is 0.0893. The van der Waals surface area contributed by atoms with Crippen LogP contribution in [0.2, 0.25) is 0 Å². The largest absolute Gasteiger partial charge is 0.338 e. The van der Waals surface area contributed by atoms with Crippen LogP contribution in [0.3, 0.4) is 0 Å². The highest BCUT2D eigenvalue weighted by molar-refractivity contribution is 7.91. The molecule has 2 amide bonds. The Morgan fingerprint density at radius 2 is 1.50 bits per heavy atom. The molecule has 0 aliphatic carbocycles. The van der Waals surface area contributed by atoms with E-state index in [0.717, 1.165) is 11.1 Å². The van der Waals surface area contributed by atoms with Crippen molar-refractivity contribution in [2.45, 2.75) is 16.7 Å². The van der Waals surface area contributed by atoms with Crippen LogP contribution in [0.25, 0.3) is 12.2 Å². The molecule has 0 saturated carbocycles. The van der Waals surface area contributed by atoms with Crippen molar-refractivity contribution in [3.63, 3.8) is 0 Å². The van der Waals surface area contributed by atoms with Crippen LogP contribution in [0, 0.1) is 5.82 Å². The summed E-state index contributed by atoms with van der Waals surface area (Å²) in [4.78, 5) is 11.9. The van der Waals surface area contributed by atoms with Gasteiger partial charge in [-0.1, -0.05) is 42.5 Å². The molecule has 0 heterocycles. The van der Waals surface area contributed by atoms with Gasteiger partial charge < -0.3 is 10.6 Å². The maximum Gasteiger partial charge on any atom is 0.319 e. The number of carbonyl (C=O) groups excluding carboxylic acids is 1. The average Bonchev–Trinajstić information content (AvgIpc) is 2.74. The van der Waals surface area contributed by atoms with Gasteiger partial charge in [-0.15, -0.1) is 0 Å². The van der Waals surface area contributed by atoms with Gasteiger partial charge in [0.05, 0.1) is 9.79 Å². The van der Waals surface area contributed by atoms with Gasteiger partial charge in [0.15, 0.2) is 0 Å². The lowest BCUT2D eigenvalue weighted by atomic mass is 10.1. The molecule has 154 valence electrons. The number of anilines is 1. The van der Waals surface area contributed by atoms with Crippen molar-refractivity contribution >= 4 is 33.7 Å². The van der Waals surface area contributed by atoms with E-state index in [9.17, 15) is 17.6 Å². The Morgan fingerprint density at radius 1 is 0.900 bits per heavy atom. The molecule has 3 aromatic carbocycles. The third-order valence-electron chi connectivity index (χ3n) is 4.27. The Bertz CT molecular complexity index is 1160. The van der Waals surface area contributed by atoms with E-state index in [1.54, 1.807) is 43.3 Å². The normalized spacial score (nSPS) is 11.4. The molecular weight excluding hydrogens is 403 g/mol. The molecule has 0 radical (unpaired) electrons. The van der Waals surface area contributed by atoms with E-state index in [4.69, 9.17) is 0 Å². The second-order valence-electron chi connectivity index (χ2n) is 6.47. The monoisotopic (exact) mass is 424 g/mol. The molecule has 3 aromatic rings. The molecular formula is C23H21FN2O3S. The highest BCUT2D eigenvalue weighted by atomic mass is 32.2. The lowest BCUT2D eigenvalue weighted by Crippen LogP contribution is -2.28. The van der Waals surface area contributed by atoms with Crippen molar-refractivity contribution < 1.29 is 17.6 Å². The molecule has 2 N–H and O–H groups in total. The number of rotatable bonds is 6. The van der Waals surface area contributed by atoms with E-state index >= 15 is 0 Å². The van der Waals surface area contributed by atoms with Crippen LogP contribution in [0.5, 0.6) is 0 Å². The van der Waals surface area contributed by atoms with Crippen LogP contribution >= 0.6 is 0 Å². The Labute approximate surface area is 175 Å². The minimum atomic E-state index is -3.74. The summed E-state index contributed by atoms with van der Waals surface area (Å²) in [6, 6.07) is 18.2. The third kappa shape index (κ3) is 5.33. The van der Waals surface area contributed by atoms with Gasteiger partial charge in [0.25, 0.3) is 0 Å². The zero-order valence-electron chi connectivity index (χ0n) is 16.3. The number of nitrogens with one attached hydrogen (secondary N) is 2. The van der Waals surface area contributed by atoms with Gasteiger partial charge in [0, 0.05) is 12.2 Å². The Kier molecular flexibility index (Phi) is 6.64. The van der Waals surface area contributed by atoms with E-state index < -0.39 is 15.9 Å². The summed E-state index contributed by atoms with van der Waals surface area (Å²) in [5.74, 6) is -0.299. The standard InChI is InChI=1S/C23H21FN2O3S/c1-2-25-23(27)26-20-4-3-5-22(16-20)30(28,29)21-14-10-18(11-15-21)7-6-17-8-12-19(24)13-9-17/h3-16H,2H2,1H3,(H2,25,26,27). The van der Waals surface area contributed by atoms with E-state index in [-0.39, 0.29) is 15.6 Å². The van der Waals surface area contributed by atoms with Crippen molar-refractivity contribution in [3.05, 3.63) is 89.7 Å². The number of amides is 2. The Hall–Kier alpha value is -3.45. The van der Waals surface area contributed by atoms with Gasteiger partial charge in [0.1, 0.15) is 5.82 Å². The quantitative estimate of drug-likeness (QED) is 0.549. The number of halogens is 1. The first kappa shape index (κ1) is 21.3. The topological polar surface area (TPSA) is 75.3 Å². The van der Waals surface area contributed by atoms with Gasteiger partial charge in [-0.05, 0) is 60.5 Å². The molecule has 0 spiro atoms. The third-order valence-corrected chi connectivity index (χ3v) is 6.04. The summed E-state index contributed by atoms with van der Waals surface area (Å²) in [6.45, 7) is 2.25. The molecule has 7 heteroatoms. The van der Waals surface area contributed by atoms with Crippen molar-refractivity contribution in [1.82, 2.24) is 5.32 Å². The molecule has 0 fully saturated rings. The summed E-state index contributed by atoms with van der Waals surface area (Å²) in [5.41, 5.74) is 2.04. The first-order valence-corrected chi connectivity index (χ1v) is 10.8. The Morgan fingerprint density at radius 3 is 2.10 bits per heavy atom. The molecule has 0 aromatic heterocycles. The van der Waals surface area contributed by atoms with Gasteiger partial charge in [-0.2, -0.15) is 0 Å². The zero-order chi connectivity index (χ0) is 21.6. The fraction of sp³-hybridized carbons (Fsp3) is 0.0870. The van der Waals surface area contributed by atoms with Gasteiger partial charge in [0.2, 0.25) is 9.84 Å². The lowest BCUT2D eigenvalue weighted by Gasteiger charge is -2.09. The van der Waals surface area contributed by atoms with Crippen LogP contribution < -0.4 is 10.6 Å². The summed E-state index contributed by atoms with van der Waals surface area (Å²) >= 11 is 0. The second-order valence-corrected chi connectivity index (χ2v) is 8.42. The van der Waals surface area contributed by atoms with Crippen molar-refractivity contribution in [2.75, 3.05) is 11.9 Å². The highest BCUT2D eigenvalue weighted by Crippen LogP contribution is 2.24. The van der Waals surface area contributed by atoms with Crippen LogP contribution in [-0.4, -0.2) is 21.0 Å². The fourth-order valence-corrected chi connectivity index (χ4v) is 4.04. The van der Waals surface area contributed by atoms with Crippen molar-refractivity contribution in [2.24, 2.45) is 0 Å². The van der Waals surface area contributed by atoms with Crippen LogP contribution in [0.4, 0.5) is 14.9 Å². The highest BCUT2D eigenvalue weighted by Gasteiger charge is 2.18. The van der Waals surface area contributed by atoms with Crippen LogP contribution in [0.15, 0.2) is 82.6 Å². The first-order valence-electron chi connectivity index (χ1n) is 9.32. The fourth-order valence-electron chi connectivity index (χ4n) is 2.74. The van der Waals surface area contributed by atoms with Crippen LogP contribution in [0.1, 0.15) is 18.1 Å². The molecule has 0 aliphatic rings. The molecule has 0 unspecified atom stereocenters. The molecule has 0 atom stereocenters. The number of urea groups is 1. The Balaban J connectivity index is 1.78. The molecule has 5 nitrogen and oxygen atoms in total. The lowest BCUT2D eigenvalue weighted by molar-refractivity contribution is 0.252. The molecule has 0 saturated heterocycles. The molecule has 30 heavy (non-hydrogen) atoms. The van der Waals surface area contributed by atoms with Crippen molar-refractivity contribution in [1.29, 1.82) is 0 Å². The summed E-state index contributed by atoms with van der Waals surface area (Å²) in [6.07, 6.45) is 3.64. The minimum Gasteiger partial charge on any atom is -0.338 e. The number of sulfone groups is 1.